The zero-order chi connectivity index (χ0) is 21.8. The molecule has 0 bridgehead atoms. The van der Waals surface area contributed by atoms with Crippen LogP contribution in [0.25, 0.3) is 6.08 Å². The van der Waals surface area contributed by atoms with Crippen LogP contribution in [0.4, 0.5) is 5.69 Å². The number of ether oxygens (including phenoxy) is 2. The van der Waals surface area contributed by atoms with Crippen LogP contribution < -0.4 is 14.5 Å². The predicted molar refractivity (Wildman–Crippen MR) is 134 cm³/mol. The summed E-state index contributed by atoms with van der Waals surface area (Å²) in [6, 6.07) is 22.2. The second-order valence-corrected chi connectivity index (χ2v) is 8.84. The largest absolute Gasteiger partial charge is 0.496 e. The number of rotatable bonds is 6. The first kappa shape index (κ1) is 21.7. The Kier molecular flexibility index (Phi) is 6.78. The van der Waals surface area contributed by atoms with E-state index in [-0.39, 0.29) is 6.04 Å². The van der Waals surface area contributed by atoms with Gasteiger partial charge in [-0.1, -0.05) is 52.3 Å². The number of hydrogen-bond donors (Lipinski definition) is 0. The summed E-state index contributed by atoms with van der Waals surface area (Å²) >= 11 is 7.24. The van der Waals surface area contributed by atoms with E-state index in [9.17, 15) is 0 Å². The molecule has 1 unspecified atom stereocenters. The summed E-state index contributed by atoms with van der Waals surface area (Å²) in [6.45, 7) is 0. The van der Waals surface area contributed by atoms with Gasteiger partial charge in [0.05, 0.1) is 31.7 Å². The zero-order valence-corrected chi connectivity index (χ0v) is 20.4. The Hall–Kier alpha value is -2.57. The van der Waals surface area contributed by atoms with Crippen molar-refractivity contribution in [2.45, 2.75) is 12.5 Å². The molecular weight excluding hydrogens is 520 g/mol. The highest BCUT2D eigenvalue weighted by molar-refractivity contribution is 9.11. The monoisotopic (exact) mass is 540 g/mol. The molecule has 0 spiro atoms. The number of halogens is 2. The number of para-hydroxylation sites is 2. The number of hydrogen-bond acceptors (Lipinski definition) is 4. The average molecular weight is 542 g/mol. The smallest absolute Gasteiger partial charge is 0.126 e. The molecule has 0 aromatic heterocycles. The Morgan fingerprint density at radius 3 is 2.35 bits per heavy atom. The normalized spacial score (nSPS) is 15.9. The van der Waals surface area contributed by atoms with Gasteiger partial charge in [0.15, 0.2) is 0 Å². The predicted octanol–water partition coefficient (Wildman–Crippen LogP) is 7.25. The maximum absolute atomic E-state index is 5.65. The Labute approximate surface area is 199 Å². The highest BCUT2D eigenvalue weighted by atomic mass is 79.9. The van der Waals surface area contributed by atoms with Crippen molar-refractivity contribution < 1.29 is 9.47 Å². The molecule has 4 nitrogen and oxygen atoms in total. The Bertz CT molecular complexity index is 1140. The van der Waals surface area contributed by atoms with Crippen LogP contribution in [0.5, 0.6) is 11.5 Å². The molecule has 1 heterocycles. The standard InChI is InChI=1S/C25H22Br2N2O2/c1-30-24-9-5-3-7-17(24)11-13-19-16-23(20-8-4-6-10-25(20)31-2)29(28-19)22-14-12-18(26)15-21(22)27/h3-15,23H,16H2,1-2H3. The fraction of sp³-hybridized carbons (Fsp3) is 0.160. The van der Waals surface area contributed by atoms with Crippen molar-refractivity contribution in [2.24, 2.45) is 5.10 Å². The molecule has 3 aromatic carbocycles. The minimum atomic E-state index is 0.0194. The van der Waals surface area contributed by atoms with Crippen LogP contribution in [0.1, 0.15) is 23.6 Å². The summed E-state index contributed by atoms with van der Waals surface area (Å²) in [4.78, 5) is 0. The summed E-state index contributed by atoms with van der Waals surface area (Å²) in [7, 11) is 3.39. The zero-order valence-electron chi connectivity index (χ0n) is 17.3. The summed E-state index contributed by atoms with van der Waals surface area (Å²) < 4.78 is 13.1. The van der Waals surface area contributed by atoms with E-state index in [4.69, 9.17) is 14.6 Å². The topological polar surface area (TPSA) is 34.1 Å². The third kappa shape index (κ3) is 4.70. The lowest BCUT2D eigenvalue weighted by molar-refractivity contribution is 0.405. The maximum Gasteiger partial charge on any atom is 0.126 e. The van der Waals surface area contributed by atoms with E-state index in [1.165, 1.54) is 0 Å². The van der Waals surface area contributed by atoms with Gasteiger partial charge < -0.3 is 9.47 Å². The molecule has 1 atom stereocenters. The van der Waals surface area contributed by atoms with Gasteiger partial charge in [-0.05, 0) is 58.4 Å². The number of anilines is 1. The van der Waals surface area contributed by atoms with E-state index in [1.54, 1.807) is 14.2 Å². The van der Waals surface area contributed by atoms with Crippen LogP contribution in [-0.4, -0.2) is 19.9 Å². The van der Waals surface area contributed by atoms with Crippen molar-refractivity contribution in [1.29, 1.82) is 0 Å². The Morgan fingerprint density at radius 2 is 1.61 bits per heavy atom. The van der Waals surface area contributed by atoms with Gasteiger partial charge in [-0.3, -0.25) is 5.01 Å². The molecule has 31 heavy (non-hydrogen) atoms. The summed E-state index contributed by atoms with van der Waals surface area (Å²) in [6.07, 6.45) is 4.87. The number of allylic oxidation sites excluding steroid dienone is 1. The number of methoxy groups -OCH3 is 2. The van der Waals surface area contributed by atoms with Crippen LogP contribution in [0, 0.1) is 0 Å². The third-order valence-electron chi connectivity index (χ3n) is 5.18. The first-order valence-corrected chi connectivity index (χ1v) is 11.4. The summed E-state index contributed by atoms with van der Waals surface area (Å²) in [5.41, 5.74) is 4.10. The van der Waals surface area contributed by atoms with Gasteiger partial charge in [0.25, 0.3) is 0 Å². The highest BCUT2D eigenvalue weighted by Crippen LogP contribution is 2.42. The van der Waals surface area contributed by atoms with Gasteiger partial charge in [0, 0.05) is 26.5 Å². The van der Waals surface area contributed by atoms with Crippen LogP contribution >= 0.6 is 31.9 Å². The fourth-order valence-electron chi connectivity index (χ4n) is 3.70. The minimum Gasteiger partial charge on any atom is -0.496 e. The third-order valence-corrected chi connectivity index (χ3v) is 6.31. The van der Waals surface area contributed by atoms with Gasteiger partial charge in [0.2, 0.25) is 0 Å². The molecular formula is C25H22Br2N2O2. The van der Waals surface area contributed by atoms with Gasteiger partial charge in [0.1, 0.15) is 11.5 Å². The van der Waals surface area contributed by atoms with Gasteiger partial charge in [-0.2, -0.15) is 5.10 Å². The van der Waals surface area contributed by atoms with Crippen LogP contribution in [0.3, 0.4) is 0 Å². The van der Waals surface area contributed by atoms with E-state index in [0.29, 0.717) is 0 Å². The minimum absolute atomic E-state index is 0.0194. The van der Waals surface area contributed by atoms with Crippen LogP contribution in [-0.2, 0) is 0 Å². The average Bonchev–Trinajstić information content (AvgIpc) is 3.21. The van der Waals surface area contributed by atoms with Gasteiger partial charge in [-0.15, -0.1) is 0 Å². The molecule has 1 aliphatic heterocycles. The van der Waals surface area contributed by atoms with Gasteiger partial charge >= 0.3 is 0 Å². The van der Waals surface area contributed by atoms with Crippen molar-refractivity contribution in [3.05, 3.63) is 92.9 Å². The van der Waals surface area contributed by atoms with E-state index in [0.717, 1.165) is 49.4 Å². The maximum atomic E-state index is 5.65. The number of nitrogens with zero attached hydrogens (tertiary/aromatic N) is 2. The van der Waals surface area contributed by atoms with Gasteiger partial charge in [-0.25, -0.2) is 0 Å². The Morgan fingerprint density at radius 1 is 0.903 bits per heavy atom. The number of hydrazone groups is 1. The SMILES string of the molecule is COc1ccccc1C=CC1=NN(c2ccc(Br)cc2Br)C(c2ccccc2OC)C1. The molecule has 0 N–H and O–H groups in total. The second-order valence-electron chi connectivity index (χ2n) is 7.07. The van der Waals surface area contributed by atoms with Crippen molar-refractivity contribution in [2.75, 3.05) is 19.2 Å². The summed E-state index contributed by atoms with van der Waals surface area (Å²) in [5, 5.41) is 7.04. The quantitative estimate of drug-likeness (QED) is 0.329. The summed E-state index contributed by atoms with van der Waals surface area (Å²) in [5.74, 6) is 1.70. The molecule has 0 amide bonds. The second kappa shape index (κ2) is 9.71. The molecule has 0 saturated heterocycles. The highest BCUT2D eigenvalue weighted by Gasteiger charge is 2.31. The van der Waals surface area contributed by atoms with E-state index < -0.39 is 0 Å². The molecule has 0 aliphatic carbocycles. The van der Waals surface area contributed by atoms with Crippen LogP contribution in [0.2, 0.25) is 0 Å². The molecule has 0 fully saturated rings. The van der Waals surface area contributed by atoms with E-state index in [2.05, 4.69) is 61.2 Å². The molecule has 6 heteroatoms. The molecule has 4 rings (SSSR count). The van der Waals surface area contributed by atoms with Crippen molar-refractivity contribution in [3.63, 3.8) is 0 Å². The number of benzene rings is 3. The molecule has 158 valence electrons. The van der Waals surface area contributed by atoms with E-state index >= 15 is 0 Å². The Balaban J connectivity index is 1.73. The molecule has 0 radical (unpaired) electrons. The van der Waals surface area contributed by atoms with E-state index in [1.807, 2.05) is 54.6 Å². The molecule has 3 aromatic rings. The molecule has 0 saturated carbocycles. The first-order valence-electron chi connectivity index (χ1n) is 9.86. The van der Waals surface area contributed by atoms with Crippen molar-refractivity contribution in [1.82, 2.24) is 0 Å². The lowest BCUT2D eigenvalue weighted by Crippen LogP contribution is -2.19. The van der Waals surface area contributed by atoms with Crippen LogP contribution in [0.15, 0.2) is 86.9 Å². The van der Waals surface area contributed by atoms with Crippen molar-refractivity contribution in [3.8, 4) is 11.5 Å². The lowest BCUT2D eigenvalue weighted by atomic mass is 9.99. The molecule has 1 aliphatic rings. The fourth-order valence-corrected chi connectivity index (χ4v) is 4.93. The first-order chi connectivity index (χ1) is 15.1. The lowest BCUT2D eigenvalue weighted by Gasteiger charge is -2.26. The van der Waals surface area contributed by atoms with Crippen molar-refractivity contribution >= 4 is 49.3 Å².